The van der Waals surface area contributed by atoms with Gasteiger partial charge in [-0.1, -0.05) is 0 Å². The van der Waals surface area contributed by atoms with Crippen LogP contribution in [-0.2, 0) is 13.1 Å². The molecule has 3 heterocycles. The topological polar surface area (TPSA) is 79.0 Å². The Morgan fingerprint density at radius 2 is 1.81 bits per heavy atom. The first-order chi connectivity index (χ1) is 15.5. The summed E-state index contributed by atoms with van der Waals surface area (Å²) >= 11 is 0. The Morgan fingerprint density at radius 1 is 1.03 bits per heavy atom. The molecule has 168 valence electrons. The van der Waals surface area contributed by atoms with Crippen molar-refractivity contribution in [2.24, 2.45) is 0 Å². The molecule has 0 saturated carbocycles. The minimum Gasteiger partial charge on any atom is -0.494 e. The number of nitrogens with one attached hydrogen (secondary N) is 1. The molecule has 0 fully saturated rings. The van der Waals surface area contributed by atoms with E-state index in [0.29, 0.717) is 13.2 Å². The molecule has 0 atom stereocenters. The van der Waals surface area contributed by atoms with Crippen LogP contribution in [-0.4, -0.2) is 38.3 Å². The number of rotatable bonds is 8. The summed E-state index contributed by atoms with van der Waals surface area (Å²) in [4.78, 5) is 0. The van der Waals surface area contributed by atoms with Crippen molar-refractivity contribution in [2.45, 2.75) is 47.7 Å². The van der Waals surface area contributed by atoms with Crippen LogP contribution in [0.1, 0.15) is 36.5 Å². The summed E-state index contributed by atoms with van der Waals surface area (Å²) in [6, 6.07) is 5.93. The maximum atomic E-state index is 5.71. The molecule has 8 nitrogen and oxygen atoms in total. The average Bonchev–Trinajstić information content (AvgIpc) is 3.36. The van der Waals surface area contributed by atoms with Gasteiger partial charge in [-0.3, -0.25) is 4.68 Å². The van der Waals surface area contributed by atoms with E-state index in [1.165, 1.54) is 0 Å². The van der Waals surface area contributed by atoms with Crippen molar-refractivity contribution >= 4 is 16.6 Å². The van der Waals surface area contributed by atoms with E-state index in [-0.39, 0.29) is 0 Å². The molecule has 0 unspecified atom stereocenters. The molecular weight excluding hydrogens is 404 g/mol. The standard InChI is InChI=1S/C24H30N6O2/c1-7-29-14-18(13-26-29)12-25-24-23-17(5)30(16(4)22(23)15(3)27-28-24)20-10-9-19(32-8-2)11-21(20)31-6/h9-11,13-14H,7-8,12H2,1-6H3,(H,25,28). The fourth-order valence-electron chi connectivity index (χ4n) is 4.24. The molecule has 4 aromatic rings. The van der Waals surface area contributed by atoms with Crippen LogP contribution in [0.3, 0.4) is 0 Å². The van der Waals surface area contributed by atoms with Gasteiger partial charge < -0.3 is 19.4 Å². The van der Waals surface area contributed by atoms with Crippen molar-refractivity contribution in [3.05, 3.63) is 53.2 Å². The third-order valence-electron chi connectivity index (χ3n) is 5.72. The summed E-state index contributed by atoms with van der Waals surface area (Å²) in [6.07, 6.45) is 3.92. The van der Waals surface area contributed by atoms with Gasteiger partial charge >= 0.3 is 0 Å². The molecule has 0 aliphatic rings. The lowest BCUT2D eigenvalue weighted by Gasteiger charge is -2.15. The monoisotopic (exact) mass is 434 g/mol. The first-order valence-electron chi connectivity index (χ1n) is 10.9. The van der Waals surface area contributed by atoms with Gasteiger partial charge in [0.2, 0.25) is 0 Å². The van der Waals surface area contributed by atoms with E-state index in [1.54, 1.807) is 7.11 Å². The van der Waals surface area contributed by atoms with Crippen LogP contribution in [0.4, 0.5) is 5.82 Å². The highest BCUT2D eigenvalue weighted by molar-refractivity contribution is 5.98. The number of anilines is 1. The molecule has 8 heteroatoms. The first kappa shape index (κ1) is 21.7. The lowest BCUT2D eigenvalue weighted by Crippen LogP contribution is -2.04. The molecule has 3 aromatic heterocycles. The van der Waals surface area contributed by atoms with Gasteiger partial charge in [-0.25, -0.2) is 0 Å². The Hall–Kier alpha value is -3.55. The number of aryl methyl sites for hydroxylation is 4. The van der Waals surface area contributed by atoms with Gasteiger partial charge in [0.15, 0.2) is 5.82 Å². The summed E-state index contributed by atoms with van der Waals surface area (Å²) in [6.45, 7) is 12.3. The smallest absolute Gasteiger partial charge is 0.158 e. The molecule has 0 radical (unpaired) electrons. The van der Waals surface area contributed by atoms with Crippen molar-refractivity contribution in [3.8, 4) is 17.2 Å². The first-order valence-corrected chi connectivity index (χ1v) is 10.9. The van der Waals surface area contributed by atoms with Gasteiger partial charge in [-0.15, -0.1) is 5.10 Å². The second-order valence-electron chi connectivity index (χ2n) is 7.71. The number of methoxy groups -OCH3 is 1. The minimum atomic E-state index is 0.608. The van der Waals surface area contributed by atoms with Crippen molar-refractivity contribution in [1.82, 2.24) is 24.5 Å². The Morgan fingerprint density at radius 3 is 2.50 bits per heavy atom. The van der Waals surface area contributed by atoms with Gasteiger partial charge in [0.25, 0.3) is 0 Å². The highest BCUT2D eigenvalue weighted by atomic mass is 16.5. The molecule has 1 N–H and O–H groups in total. The molecular formula is C24H30N6O2. The van der Waals surface area contributed by atoms with Crippen LogP contribution in [0.5, 0.6) is 11.5 Å². The van der Waals surface area contributed by atoms with E-state index in [4.69, 9.17) is 9.47 Å². The predicted molar refractivity (Wildman–Crippen MR) is 126 cm³/mol. The van der Waals surface area contributed by atoms with Gasteiger partial charge in [0.05, 0.1) is 31.3 Å². The second kappa shape index (κ2) is 8.90. The second-order valence-corrected chi connectivity index (χ2v) is 7.71. The average molecular weight is 435 g/mol. The lowest BCUT2D eigenvalue weighted by molar-refractivity contribution is 0.336. The third-order valence-corrected chi connectivity index (χ3v) is 5.72. The highest BCUT2D eigenvalue weighted by Crippen LogP contribution is 2.37. The molecule has 0 aliphatic carbocycles. The number of aromatic nitrogens is 5. The van der Waals surface area contributed by atoms with Crippen LogP contribution in [0, 0.1) is 20.8 Å². The van der Waals surface area contributed by atoms with Crippen LogP contribution < -0.4 is 14.8 Å². The number of nitrogens with zero attached hydrogens (tertiary/aromatic N) is 5. The molecule has 4 rings (SSSR count). The SMILES string of the molecule is CCOc1ccc(-n2c(C)c3c(C)nnc(NCc4cnn(CC)c4)c3c2C)c(OC)c1. The predicted octanol–water partition coefficient (Wildman–Crippen LogP) is 4.58. The van der Waals surface area contributed by atoms with Crippen LogP contribution in [0.25, 0.3) is 16.5 Å². The Kier molecular flexibility index (Phi) is 6.03. The van der Waals surface area contributed by atoms with E-state index in [2.05, 4.69) is 46.0 Å². The quantitative estimate of drug-likeness (QED) is 0.437. The number of ether oxygens (including phenoxy) is 2. The molecule has 0 aliphatic heterocycles. The van der Waals surface area contributed by atoms with Crippen molar-refractivity contribution in [3.63, 3.8) is 0 Å². The molecule has 0 spiro atoms. The van der Waals surface area contributed by atoms with Crippen LogP contribution >= 0.6 is 0 Å². The van der Waals surface area contributed by atoms with E-state index >= 15 is 0 Å². The van der Waals surface area contributed by atoms with E-state index < -0.39 is 0 Å². The largest absolute Gasteiger partial charge is 0.494 e. The maximum Gasteiger partial charge on any atom is 0.158 e. The molecule has 0 amide bonds. The van der Waals surface area contributed by atoms with Crippen LogP contribution in [0.15, 0.2) is 30.6 Å². The molecule has 32 heavy (non-hydrogen) atoms. The summed E-state index contributed by atoms with van der Waals surface area (Å²) in [5.41, 5.74) is 5.12. The molecule has 1 aromatic carbocycles. The normalized spacial score (nSPS) is 11.2. The minimum absolute atomic E-state index is 0.608. The van der Waals surface area contributed by atoms with Crippen molar-refractivity contribution in [2.75, 3.05) is 19.0 Å². The van der Waals surface area contributed by atoms with Crippen molar-refractivity contribution < 1.29 is 9.47 Å². The summed E-state index contributed by atoms with van der Waals surface area (Å²) in [5, 5.41) is 18.9. The van der Waals surface area contributed by atoms with Gasteiger partial charge in [-0.2, -0.15) is 10.2 Å². The van der Waals surface area contributed by atoms with Gasteiger partial charge in [0.1, 0.15) is 11.5 Å². The van der Waals surface area contributed by atoms with Gasteiger partial charge in [0, 0.05) is 53.1 Å². The number of hydrogen-bond acceptors (Lipinski definition) is 6. The molecule has 0 saturated heterocycles. The summed E-state index contributed by atoms with van der Waals surface area (Å²) < 4.78 is 15.5. The van der Waals surface area contributed by atoms with E-state index in [1.807, 2.05) is 49.1 Å². The zero-order valence-electron chi connectivity index (χ0n) is 19.6. The van der Waals surface area contributed by atoms with Crippen molar-refractivity contribution in [1.29, 1.82) is 0 Å². The van der Waals surface area contributed by atoms with E-state index in [0.717, 1.165) is 63.0 Å². The number of hydrogen-bond donors (Lipinski definition) is 1. The third kappa shape index (κ3) is 3.77. The Balaban J connectivity index is 1.80. The lowest BCUT2D eigenvalue weighted by atomic mass is 10.1. The Bertz CT molecular complexity index is 1260. The van der Waals surface area contributed by atoms with E-state index in [9.17, 15) is 0 Å². The zero-order chi connectivity index (χ0) is 22.8. The number of fused-ring (bicyclic) bond motifs is 1. The highest BCUT2D eigenvalue weighted by Gasteiger charge is 2.21. The summed E-state index contributed by atoms with van der Waals surface area (Å²) in [5.74, 6) is 2.30. The number of benzene rings is 1. The fraction of sp³-hybridized carbons (Fsp3) is 0.375. The molecule has 0 bridgehead atoms. The Labute approximate surface area is 188 Å². The summed E-state index contributed by atoms with van der Waals surface area (Å²) in [7, 11) is 1.68. The maximum absolute atomic E-state index is 5.71. The zero-order valence-corrected chi connectivity index (χ0v) is 19.6. The fourth-order valence-corrected chi connectivity index (χ4v) is 4.24. The van der Waals surface area contributed by atoms with Gasteiger partial charge in [-0.05, 0) is 46.8 Å². The van der Waals surface area contributed by atoms with Crippen LogP contribution in [0.2, 0.25) is 0 Å².